The predicted octanol–water partition coefficient (Wildman–Crippen LogP) is 3.75. The predicted molar refractivity (Wildman–Crippen MR) is 79.4 cm³/mol. The lowest BCUT2D eigenvalue weighted by molar-refractivity contribution is 0.583. The van der Waals surface area contributed by atoms with Gasteiger partial charge in [0.15, 0.2) is 0 Å². The highest BCUT2D eigenvalue weighted by Gasteiger charge is 2.21. The van der Waals surface area contributed by atoms with Gasteiger partial charge in [-0.05, 0) is 49.4 Å². The van der Waals surface area contributed by atoms with E-state index in [9.17, 15) is 5.26 Å². The summed E-state index contributed by atoms with van der Waals surface area (Å²) in [5.41, 5.74) is 5.10. The van der Waals surface area contributed by atoms with Gasteiger partial charge in [0.25, 0.3) is 0 Å². The van der Waals surface area contributed by atoms with E-state index >= 15 is 0 Å². The van der Waals surface area contributed by atoms with Crippen LogP contribution in [0.15, 0.2) is 36.5 Å². The average molecular weight is 263 g/mol. The molecule has 0 bridgehead atoms. The van der Waals surface area contributed by atoms with Gasteiger partial charge in [0.05, 0.1) is 23.0 Å². The summed E-state index contributed by atoms with van der Waals surface area (Å²) < 4.78 is 0. The fourth-order valence-corrected chi connectivity index (χ4v) is 2.87. The molecule has 3 rings (SSSR count). The first-order chi connectivity index (χ1) is 9.79. The molecular formula is C17H17N3. The molecule has 0 saturated carbocycles. The molecule has 0 aliphatic heterocycles. The number of nitrogens with one attached hydrogen (secondary N) is 1. The number of rotatable bonds is 2. The number of aromatic nitrogens is 1. The number of hydrogen-bond acceptors (Lipinski definition) is 3. The van der Waals surface area contributed by atoms with Crippen LogP contribution in [0.1, 0.15) is 41.3 Å². The van der Waals surface area contributed by atoms with Crippen molar-refractivity contribution < 1.29 is 0 Å². The highest BCUT2D eigenvalue weighted by Crippen LogP contribution is 2.32. The van der Waals surface area contributed by atoms with Crippen LogP contribution in [0.5, 0.6) is 0 Å². The van der Waals surface area contributed by atoms with Crippen LogP contribution in [0.25, 0.3) is 0 Å². The van der Waals surface area contributed by atoms with E-state index in [1.807, 2.05) is 37.4 Å². The minimum Gasteiger partial charge on any atom is -0.376 e. The largest absolute Gasteiger partial charge is 0.376 e. The third kappa shape index (κ3) is 2.25. The number of nitrogens with zero attached hydrogens (tertiary/aromatic N) is 2. The molecule has 1 heterocycles. The molecule has 1 atom stereocenters. The Hall–Kier alpha value is -2.34. The number of aryl methyl sites for hydroxylation is 2. The standard InChI is InChI=1S/C17H17N3/c1-12-5-2-8-15(14(12)11-18)20-16-9-3-6-13-7-4-10-19-17(13)16/h2,4-5,7-8,10,16,20H,3,6,9H2,1H3. The number of anilines is 1. The van der Waals surface area contributed by atoms with E-state index in [0.717, 1.165) is 41.8 Å². The zero-order valence-electron chi connectivity index (χ0n) is 11.6. The molecule has 1 N–H and O–H groups in total. The van der Waals surface area contributed by atoms with Crippen molar-refractivity contribution in [3.8, 4) is 6.07 Å². The molecule has 100 valence electrons. The van der Waals surface area contributed by atoms with E-state index in [1.165, 1.54) is 5.56 Å². The summed E-state index contributed by atoms with van der Waals surface area (Å²) in [6.45, 7) is 1.97. The Labute approximate surface area is 119 Å². The minimum absolute atomic E-state index is 0.203. The van der Waals surface area contributed by atoms with Gasteiger partial charge in [0.2, 0.25) is 0 Å². The molecule has 0 saturated heterocycles. The lowest BCUT2D eigenvalue weighted by Gasteiger charge is -2.26. The average Bonchev–Trinajstić information content (AvgIpc) is 2.48. The Bertz CT molecular complexity index is 670. The van der Waals surface area contributed by atoms with Crippen LogP contribution in [-0.4, -0.2) is 4.98 Å². The molecule has 3 heteroatoms. The molecule has 0 radical (unpaired) electrons. The molecule has 0 fully saturated rings. The monoisotopic (exact) mass is 263 g/mol. The minimum atomic E-state index is 0.203. The van der Waals surface area contributed by atoms with Crippen LogP contribution < -0.4 is 5.32 Å². The number of nitriles is 1. The van der Waals surface area contributed by atoms with Crippen molar-refractivity contribution in [1.29, 1.82) is 5.26 Å². The molecule has 0 amide bonds. The van der Waals surface area contributed by atoms with Gasteiger partial charge in [0, 0.05) is 6.20 Å². The molecule has 3 nitrogen and oxygen atoms in total. The Morgan fingerprint density at radius 1 is 1.30 bits per heavy atom. The lowest BCUT2D eigenvalue weighted by Crippen LogP contribution is -2.19. The number of fused-ring (bicyclic) bond motifs is 1. The van der Waals surface area contributed by atoms with Gasteiger partial charge in [-0.2, -0.15) is 5.26 Å². The van der Waals surface area contributed by atoms with Gasteiger partial charge < -0.3 is 5.32 Å². The van der Waals surface area contributed by atoms with Crippen molar-refractivity contribution in [2.75, 3.05) is 5.32 Å². The summed E-state index contributed by atoms with van der Waals surface area (Å²) in [5.74, 6) is 0. The van der Waals surface area contributed by atoms with E-state index < -0.39 is 0 Å². The highest BCUT2D eigenvalue weighted by molar-refractivity contribution is 5.61. The molecule has 1 aromatic heterocycles. The van der Waals surface area contributed by atoms with E-state index in [4.69, 9.17) is 0 Å². The van der Waals surface area contributed by atoms with E-state index in [2.05, 4.69) is 22.4 Å². The van der Waals surface area contributed by atoms with Gasteiger partial charge in [-0.25, -0.2) is 0 Å². The van der Waals surface area contributed by atoms with Crippen LogP contribution in [0, 0.1) is 18.3 Å². The summed E-state index contributed by atoms with van der Waals surface area (Å²) in [4.78, 5) is 4.53. The van der Waals surface area contributed by atoms with Crippen molar-refractivity contribution in [3.05, 3.63) is 58.9 Å². The third-order valence-corrected chi connectivity index (χ3v) is 3.91. The van der Waals surface area contributed by atoms with Gasteiger partial charge in [0.1, 0.15) is 6.07 Å². The molecule has 2 aromatic rings. The second-order valence-corrected chi connectivity index (χ2v) is 5.25. The summed E-state index contributed by atoms with van der Waals surface area (Å²) >= 11 is 0. The SMILES string of the molecule is Cc1cccc(NC2CCCc3cccnc32)c1C#N. The Morgan fingerprint density at radius 3 is 3.05 bits per heavy atom. The molecule has 1 aliphatic carbocycles. The number of benzene rings is 1. The third-order valence-electron chi connectivity index (χ3n) is 3.91. The molecule has 1 aromatic carbocycles. The molecular weight excluding hydrogens is 246 g/mol. The van der Waals surface area contributed by atoms with Gasteiger partial charge >= 0.3 is 0 Å². The van der Waals surface area contributed by atoms with Crippen LogP contribution in [0.3, 0.4) is 0 Å². The molecule has 20 heavy (non-hydrogen) atoms. The summed E-state index contributed by atoms with van der Waals surface area (Å²) in [5, 5.41) is 12.8. The zero-order chi connectivity index (χ0) is 13.9. The second-order valence-electron chi connectivity index (χ2n) is 5.25. The fourth-order valence-electron chi connectivity index (χ4n) is 2.87. The second kappa shape index (κ2) is 5.34. The molecule has 1 unspecified atom stereocenters. The van der Waals surface area contributed by atoms with Crippen LogP contribution >= 0.6 is 0 Å². The highest BCUT2D eigenvalue weighted by atomic mass is 15.0. The zero-order valence-corrected chi connectivity index (χ0v) is 11.6. The first-order valence-corrected chi connectivity index (χ1v) is 6.99. The normalized spacial score (nSPS) is 17.1. The van der Waals surface area contributed by atoms with Gasteiger partial charge in [-0.15, -0.1) is 0 Å². The number of pyridine rings is 1. The fraction of sp³-hybridized carbons (Fsp3) is 0.294. The number of hydrogen-bond donors (Lipinski definition) is 1. The van der Waals surface area contributed by atoms with Crippen LogP contribution in [0.4, 0.5) is 5.69 Å². The Kier molecular flexibility index (Phi) is 3.39. The summed E-state index contributed by atoms with van der Waals surface area (Å²) in [6.07, 6.45) is 5.16. The molecule has 0 spiro atoms. The quantitative estimate of drug-likeness (QED) is 0.897. The van der Waals surface area contributed by atoms with Crippen molar-refractivity contribution in [2.45, 2.75) is 32.2 Å². The van der Waals surface area contributed by atoms with Gasteiger partial charge in [-0.3, -0.25) is 4.98 Å². The summed E-state index contributed by atoms with van der Waals surface area (Å²) in [7, 11) is 0. The van der Waals surface area contributed by atoms with Gasteiger partial charge in [-0.1, -0.05) is 18.2 Å². The lowest BCUT2D eigenvalue weighted by atomic mass is 9.91. The van der Waals surface area contributed by atoms with E-state index in [1.54, 1.807) is 0 Å². The Balaban J connectivity index is 1.94. The topological polar surface area (TPSA) is 48.7 Å². The van der Waals surface area contributed by atoms with E-state index in [-0.39, 0.29) is 6.04 Å². The van der Waals surface area contributed by atoms with Crippen LogP contribution in [0.2, 0.25) is 0 Å². The van der Waals surface area contributed by atoms with E-state index in [0.29, 0.717) is 0 Å². The first kappa shape index (κ1) is 12.7. The smallest absolute Gasteiger partial charge is 0.102 e. The van der Waals surface area contributed by atoms with Crippen LogP contribution in [-0.2, 0) is 6.42 Å². The maximum absolute atomic E-state index is 9.32. The van der Waals surface area contributed by atoms with Crippen molar-refractivity contribution >= 4 is 5.69 Å². The molecule has 1 aliphatic rings. The van der Waals surface area contributed by atoms with Crippen molar-refractivity contribution in [3.63, 3.8) is 0 Å². The maximum Gasteiger partial charge on any atom is 0.102 e. The Morgan fingerprint density at radius 2 is 2.20 bits per heavy atom. The maximum atomic E-state index is 9.32. The summed E-state index contributed by atoms with van der Waals surface area (Å²) in [6, 6.07) is 12.6. The van der Waals surface area contributed by atoms with Crippen molar-refractivity contribution in [2.24, 2.45) is 0 Å². The van der Waals surface area contributed by atoms with Crippen molar-refractivity contribution in [1.82, 2.24) is 4.98 Å². The first-order valence-electron chi connectivity index (χ1n) is 6.99.